The van der Waals surface area contributed by atoms with Crippen LogP contribution in [0.2, 0.25) is 0 Å². The Bertz CT molecular complexity index is 564. The predicted octanol–water partition coefficient (Wildman–Crippen LogP) is 3.19. The van der Waals surface area contributed by atoms with E-state index < -0.39 is 5.82 Å². The van der Waals surface area contributed by atoms with Crippen LogP contribution in [0.1, 0.15) is 0 Å². The summed E-state index contributed by atoms with van der Waals surface area (Å²) in [5, 5.41) is 0.325. The molecule has 2 nitrogen and oxygen atoms in total. The maximum atomic E-state index is 13.0. The van der Waals surface area contributed by atoms with E-state index >= 15 is 0 Å². The quantitative estimate of drug-likeness (QED) is 0.794. The molecule has 2 aromatic rings. The first-order chi connectivity index (χ1) is 6.59. The lowest BCUT2D eigenvalue weighted by atomic mass is 10.2. The van der Waals surface area contributed by atoms with Crippen molar-refractivity contribution < 1.29 is 4.39 Å². The molecule has 0 aliphatic rings. The van der Waals surface area contributed by atoms with E-state index in [1.807, 2.05) is 0 Å². The molecule has 0 unspecified atom stereocenters. The number of aromatic amines is 1. The van der Waals surface area contributed by atoms with Crippen LogP contribution in [0.3, 0.4) is 0 Å². The van der Waals surface area contributed by atoms with E-state index in [9.17, 15) is 9.18 Å². The minimum absolute atomic E-state index is 0.223. The fourth-order valence-corrected chi connectivity index (χ4v) is 2.10. The molecule has 14 heavy (non-hydrogen) atoms. The van der Waals surface area contributed by atoms with Crippen molar-refractivity contribution in [3.8, 4) is 0 Å². The monoisotopic (exact) mass is 319 g/mol. The van der Waals surface area contributed by atoms with Crippen molar-refractivity contribution in [1.29, 1.82) is 0 Å². The van der Waals surface area contributed by atoms with Gasteiger partial charge < -0.3 is 4.98 Å². The Balaban J connectivity index is 3.03. The van der Waals surface area contributed by atoms with Crippen molar-refractivity contribution in [2.45, 2.75) is 0 Å². The van der Waals surface area contributed by atoms with Crippen LogP contribution in [0.4, 0.5) is 4.39 Å². The van der Waals surface area contributed by atoms with Gasteiger partial charge in [0.15, 0.2) is 0 Å². The highest BCUT2D eigenvalue weighted by Gasteiger charge is 2.07. The average Bonchev–Trinajstić information content (AvgIpc) is 2.12. The molecular formula is C9H4Br2FNO. The van der Waals surface area contributed by atoms with Crippen molar-refractivity contribution in [3.05, 3.63) is 43.3 Å². The lowest BCUT2D eigenvalue weighted by Crippen LogP contribution is -2.04. The fraction of sp³-hybridized carbons (Fsp3) is 0. The molecule has 0 amide bonds. The van der Waals surface area contributed by atoms with Gasteiger partial charge in [-0.2, -0.15) is 0 Å². The summed E-state index contributed by atoms with van der Waals surface area (Å²) in [6, 6.07) is 2.52. The summed E-state index contributed by atoms with van der Waals surface area (Å²) in [6.07, 6.45) is 1.54. The number of hydrogen-bond donors (Lipinski definition) is 1. The second-order valence-electron chi connectivity index (χ2n) is 2.78. The Morgan fingerprint density at radius 3 is 2.64 bits per heavy atom. The molecule has 1 aromatic carbocycles. The average molecular weight is 321 g/mol. The zero-order valence-corrected chi connectivity index (χ0v) is 9.95. The minimum Gasteiger partial charge on any atom is -0.359 e. The highest BCUT2D eigenvalue weighted by Crippen LogP contribution is 2.22. The number of benzene rings is 1. The topological polar surface area (TPSA) is 32.9 Å². The normalized spacial score (nSPS) is 10.8. The summed E-state index contributed by atoms with van der Waals surface area (Å²) in [4.78, 5) is 14.5. The van der Waals surface area contributed by atoms with Crippen LogP contribution in [0.15, 0.2) is 32.1 Å². The summed E-state index contributed by atoms with van der Waals surface area (Å²) < 4.78 is 13.9. The maximum Gasteiger partial charge on any atom is 0.203 e. The lowest BCUT2D eigenvalue weighted by molar-refractivity contribution is 0.628. The van der Waals surface area contributed by atoms with Gasteiger partial charge in [-0.1, -0.05) is 0 Å². The number of fused-ring (bicyclic) bond motifs is 1. The third-order valence-corrected chi connectivity index (χ3v) is 3.07. The Morgan fingerprint density at radius 1 is 1.21 bits per heavy atom. The predicted molar refractivity (Wildman–Crippen MR) is 59.9 cm³/mol. The smallest absolute Gasteiger partial charge is 0.203 e. The van der Waals surface area contributed by atoms with E-state index in [2.05, 4.69) is 36.8 Å². The third-order valence-electron chi connectivity index (χ3n) is 1.86. The first-order valence-corrected chi connectivity index (χ1v) is 5.34. The molecule has 0 bridgehead atoms. The molecule has 0 aliphatic heterocycles. The number of H-pyrrole nitrogens is 1. The summed E-state index contributed by atoms with van der Waals surface area (Å²) in [5.41, 5.74) is 0.374. The molecule has 5 heteroatoms. The van der Waals surface area contributed by atoms with Crippen molar-refractivity contribution in [2.24, 2.45) is 0 Å². The Morgan fingerprint density at radius 2 is 1.93 bits per heavy atom. The summed E-state index contributed by atoms with van der Waals surface area (Å²) in [7, 11) is 0. The van der Waals surface area contributed by atoms with Crippen LogP contribution in [0.25, 0.3) is 10.9 Å². The van der Waals surface area contributed by atoms with Gasteiger partial charge in [0.05, 0.1) is 15.4 Å². The van der Waals surface area contributed by atoms with Crippen molar-refractivity contribution in [3.63, 3.8) is 0 Å². The van der Waals surface area contributed by atoms with Crippen LogP contribution in [0.5, 0.6) is 0 Å². The molecule has 0 atom stereocenters. The molecule has 0 fully saturated rings. The van der Waals surface area contributed by atoms with Crippen LogP contribution < -0.4 is 5.43 Å². The second kappa shape index (κ2) is 3.47. The Labute approximate surface area is 95.4 Å². The fourth-order valence-electron chi connectivity index (χ4n) is 1.23. The maximum absolute atomic E-state index is 13.0. The summed E-state index contributed by atoms with van der Waals surface area (Å²) in [5.74, 6) is -0.437. The van der Waals surface area contributed by atoms with Gasteiger partial charge in [0.2, 0.25) is 5.43 Å². The Kier molecular flexibility index (Phi) is 2.45. The van der Waals surface area contributed by atoms with E-state index in [-0.39, 0.29) is 5.43 Å². The number of nitrogens with one attached hydrogen (secondary N) is 1. The highest BCUT2D eigenvalue weighted by atomic mass is 79.9. The van der Waals surface area contributed by atoms with Crippen LogP contribution >= 0.6 is 31.9 Å². The van der Waals surface area contributed by atoms with E-state index in [0.29, 0.717) is 19.8 Å². The third kappa shape index (κ3) is 1.50. The molecule has 0 aliphatic carbocycles. The largest absolute Gasteiger partial charge is 0.359 e. The van der Waals surface area contributed by atoms with Gasteiger partial charge in [-0.25, -0.2) is 4.39 Å². The number of aromatic nitrogens is 1. The van der Waals surface area contributed by atoms with Crippen LogP contribution in [-0.4, -0.2) is 4.98 Å². The van der Waals surface area contributed by atoms with E-state index in [4.69, 9.17) is 0 Å². The SMILES string of the molecule is O=c1c(Br)c[nH]c2c(Br)cc(F)cc12. The van der Waals surface area contributed by atoms with E-state index in [1.54, 1.807) is 0 Å². The molecule has 2 rings (SSSR count). The highest BCUT2D eigenvalue weighted by molar-refractivity contribution is 9.11. The zero-order valence-electron chi connectivity index (χ0n) is 6.77. The van der Waals surface area contributed by atoms with Gasteiger partial charge in [-0.15, -0.1) is 0 Å². The molecule has 0 radical (unpaired) electrons. The van der Waals surface area contributed by atoms with Gasteiger partial charge in [0.1, 0.15) is 5.82 Å². The standard InChI is InChI=1S/C9H4Br2FNO/c10-6-2-4(12)1-5-8(6)13-3-7(11)9(5)14/h1-3H,(H,13,14). The van der Waals surface area contributed by atoms with Crippen LogP contribution in [0, 0.1) is 5.82 Å². The van der Waals surface area contributed by atoms with E-state index in [1.165, 1.54) is 18.3 Å². The number of pyridine rings is 1. The molecule has 1 aromatic heterocycles. The van der Waals surface area contributed by atoms with Gasteiger partial charge in [0, 0.05) is 10.7 Å². The first kappa shape index (κ1) is 9.86. The van der Waals surface area contributed by atoms with Gasteiger partial charge >= 0.3 is 0 Å². The van der Waals surface area contributed by atoms with Crippen molar-refractivity contribution in [2.75, 3.05) is 0 Å². The lowest BCUT2D eigenvalue weighted by Gasteiger charge is -2.01. The van der Waals surface area contributed by atoms with Gasteiger partial charge in [0.25, 0.3) is 0 Å². The zero-order chi connectivity index (χ0) is 10.3. The molecule has 0 spiro atoms. The number of hydrogen-bond acceptors (Lipinski definition) is 1. The molecule has 0 saturated carbocycles. The second-order valence-corrected chi connectivity index (χ2v) is 4.48. The van der Waals surface area contributed by atoms with Crippen molar-refractivity contribution >= 4 is 42.8 Å². The first-order valence-electron chi connectivity index (χ1n) is 3.75. The van der Waals surface area contributed by atoms with Gasteiger partial charge in [-0.3, -0.25) is 4.79 Å². The number of rotatable bonds is 0. The van der Waals surface area contributed by atoms with Crippen molar-refractivity contribution in [1.82, 2.24) is 4.98 Å². The summed E-state index contributed by atoms with van der Waals surface area (Å²) >= 11 is 6.26. The van der Waals surface area contributed by atoms with Crippen LogP contribution in [-0.2, 0) is 0 Å². The molecule has 72 valence electrons. The summed E-state index contributed by atoms with van der Waals surface area (Å²) in [6.45, 7) is 0. The van der Waals surface area contributed by atoms with E-state index in [0.717, 1.165) is 0 Å². The number of halogens is 3. The molecular weight excluding hydrogens is 317 g/mol. The minimum atomic E-state index is -0.437. The van der Waals surface area contributed by atoms with Gasteiger partial charge in [-0.05, 0) is 44.0 Å². The molecule has 1 N–H and O–H groups in total. The Hall–Kier alpha value is -0.680. The molecule has 0 saturated heterocycles. The molecule has 1 heterocycles.